The van der Waals surface area contributed by atoms with E-state index in [1.165, 1.54) is 14.2 Å². The number of rotatable bonds is 5. The molecule has 0 aliphatic carbocycles. The number of nitrogens with one attached hydrogen (secondary N) is 1. The first-order valence-electron chi connectivity index (χ1n) is 6.98. The summed E-state index contributed by atoms with van der Waals surface area (Å²) in [4.78, 5) is 12.3. The van der Waals surface area contributed by atoms with Crippen LogP contribution in [-0.2, 0) is 14.2 Å². The van der Waals surface area contributed by atoms with E-state index in [1.807, 2.05) is 6.07 Å². The fourth-order valence-corrected chi connectivity index (χ4v) is 2.53. The summed E-state index contributed by atoms with van der Waals surface area (Å²) in [5.74, 6) is -0.326. The van der Waals surface area contributed by atoms with Crippen LogP contribution in [-0.4, -0.2) is 67.6 Å². The molecule has 1 saturated heterocycles. The van der Waals surface area contributed by atoms with E-state index < -0.39 is 30.6 Å². The molecule has 1 fully saturated rings. The number of aliphatic hydroxyl groups excluding tert-OH is 2. The fourth-order valence-electron chi connectivity index (χ4n) is 2.53. The largest absolute Gasteiger partial charge is 0.394 e. The van der Waals surface area contributed by atoms with Gasteiger partial charge in [-0.05, 0) is 12.1 Å². The third-order valence-electron chi connectivity index (χ3n) is 3.69. The SMILES string of the molecule is COC1OC(CO)C(O)C(OC)C1NC(=O)c1ccccc1. The molecule has 1 aromatic rings. The zero-order valence-corrected chi connectivity index (χ0v) is 12.5. The molecule has 1 aromatic carbocycles. The van der Waals surface area contributed by atoms with Gasteiger partial charge in [0.25, 0.3) is 5.91 Å². The number of hydrogen-bond acceptors (Lipinski definition) is 6. The quantitative estimate of drug-likeness (QED) is 0.680. The van der Waals surface area contributed by atoms with Gasteiger partial charge in [0, 0.05) is 19.8 Å². The van der Waals surface area contributed by atoms with Crippen LogP contribution in [0.5, 0.6) is 0 Å². The Morgan fingerprint density at radius 3 is 2.50 bits per heavy atom. The summed E-state index contributed by atoms with van der Waals surface area (Å²) in [7, 11) is 2.84. The van der Waals surface area contributed by atoms with E-state index in [9.17, 15) is 15.0 Å². The van der Waals surface area contributed by atoms with E-state index in [0.717, 1.165) is 0 Å². The van der Waals surface area contributed by atoms with Gasteiger partial charge < -0.3 is 29.7 Å². The normalized spacial score (nSPS) is 31.7. The average molecular weight is 311 g/mol. The first kappa shape index (κ1) is 16.9. The van der Waals surface area contributed by atoms with Gasteiger partial charge in [-0.25, -0.2) is 0 Å². The molecule has 7 heteroatoms. The molecule has 1 amide bonds. The third-order valence-corrected chi connectivity index (χ3v) is 3.69. The van der Waals surface area contributed by atoms with E-state index in [4.69, 9.17) is 14.2 Å². The standard InChI is InChI=1S/C15H21NO6/c1-20-13-11(15(21-2)22-10(8-17)12(13)18)16-14(19)9-6-4-3-5-7-9/h3-7,10-13,15,17-18H,8H2,1-2H3,(H,16,19). The molecule has 1 aliphatic rings. The van der Waals surface area contributed by atoms with Crippen LogP contribution >= 0.6 is 0 Å². The number of ether oxygens (including phenoxy) is 3. The number of methoxy groups -OCH3 is 2. The van der Waals surface area contributed by atoms with Crippen molar-refractivity contribution in [2.45, 2.75) is 30.6 Å². The summed E-state index contributed by atoms with van der Waals surface area (Å²) in [6, 6.07) is 7.97. The first-order chi connectivity index (χ1) is 10.6. The topological polar surface area (TPSA) is 97.2 Å². The molecule has 0 aromatic heterocycles. The fraction of sp³-hybridized carbons (Fsp3) is 0.533. The van der Waals surface area contributed by atoms with Gasteiger partial charge in [0.05, 0.1) is 6.61 Å². The van der Waals surface area contributed by atoms with Gasteiger partial charge in [0.1, 0.15) is 24.4 Å². The van der Waals surface area contributed by atoms with Gasteiger partial charge >= 0.3 is 0 Å². The molecular formula is C15H21NO6. The molecule has 0 bridgehead atoms. The predicted octanol–water partition coefficient (Wildman–Crippen LogP) is -0.475. The van der Waals surface area contributed by atoms with Gasteiger partial charge in [-0.3, -0.25) is 4.79 Å². The average Bonchev–Trinajstić information content (AvgIpc) is 2.56. The lowest BCUT2D eigenvalue weighted by Gasteiger charge is -2.43. The molecule has 7 nitrogen and oxygen atoms in total. The summed E-state index contributed by atoms with van der Waals surface area (Å²) in [6.45, 7) is -0.375. The van der Waals surface area contributed by atoms with Crippen molar-refractivity contribution in [1.82, 2.24) is 5.32 Å². The van der Waals surface area contributed by atoms with Crippen molar-refractivity contribution in [2.75, 3.05) is 20.8 Å². The van der Waals surface area contributed by atoms with Crippen molar-refractivity contribution in [3.8, 4) is 0 Å². The lowest BCUT2D eigenvalue weighted by molar-refractivity contribution is -0.265. The molecule has 2 rings (SSSR count). The van der Waals surface area contributed by atoms with E-state index in [1.54, 1.807) is 24.3 Å². The van der Waals surface area contributed by atoms with Crippen LogP contribution < -0.4 is 5.32 Å². The highest BCUT2D eigenvalue weighted by atomic mass is 16.7. The predicted molar refractivity (Wildman–Crippen MR) is 77.3 cm³/mol. The molecule has 1 aliphatic heterocycles. The van der Waals surface area contributed by atoms with Crippen molar-refractivity contribution in [2.24, 2.45) is 0 Å². The maximum atomic E-state index is 12.3. The highest BCUT2D eigenvalue weighted by Gasteiger charge is 2.46. The molecule has 1 heterocycles. The van der Waals surface area contributed by atoms with Crippen LogP contribution in [0.25, 0.3) is 0 Å². The number of amides is 1. The van der Waals surface area contributed by atoms with Crippen LogP contribution in [0, 0.1) is 0 Å². The van der Waals surface area contributed by atoms with Crippen LogP contribution in [0.4, 0.5) is 0 Å². The van der Waals surface area contributed by atoms with Gasteiger partial charge in [-0.2, -0.15) is 0 Å². The van der Waals surface area contributed by atoms with Crippen molar-refractivity contribution in [3.63, 3.8) is 0 Å². The molecule has 122 valence electrons. The number of hydrogen-bond donors (Lipinski definition) is 3. The van der Waals surface area contributed by atoms with E-state index in [-0.39, 0.29) is 12.5 Å². The minimum absolute atomic E-state index is 0.326. The summed E-state index contributed by atoms with van der Waals surface area (Å²) < 4.78 is 16.0. The monoisotopic (exact) mass is 311 g/mol. The van der Waals surface area contributed by atoms with Crippen molar-refractivity contribution < 1.29 is 29.2 Å². The summed E-state index contributed by atoms with van der Waals surface area (Å²) in [5.41, 5.74) is 0.478. The zero-order valence-electron chi connectivity index (χ0n) is 12.5. The molecule has 5 unspecified atom stereocenters. The number of benzene rings is 1. The minimum Gasteiger partial charge on any atom is -0.394 e. The summed E-state index contributed by atoms with van der Waals surface area (Å²) in [6.07, 6.45) is -3.51. The molecule has 5 atom stereocenters. The molecule has 0 spiro atoms. The highest BCUT2D eigenvalue weighted by Crippen LogP contribution is 2.24. The Hall–Kier alpha value is -1.51. The maximum absolute atomic E-state index is 12.3. The smallest absolute Gasteiger partial charge is 0.251 e. The van der Waals surface area contributed by atoms with Crippen molar-refractivity contribution in [3.05, 3.63) is 35.9 Å². The number of carbonyl (C=O) groups excluding carboxylic acids is 1. The lowest BCUT2D eigenvalue weighted by atomic mass is 9.96. The van der Waals surface area contributed by atoms with Gasteiger partial charge in [-0.1, -0.05) is 18.2 Å². The Morgan fingerprint density at radius 2 is 1.95 bits per heavy atom. The third kappa shape index (κ3) is 3.45. The minimum atomic E-state index is -1.08. The Morgan fingerprint density at radius 1 is 1.27 bits per heavy atom. The summed E-state index contributed by atoms with van der Waals surface area (Å²) in [5, 5.41) is 22.2. The first-order valence-corrected chi connectivity index (χ1v) is 6.98. The summed E-state index contributed by atoms with van der Waals surface area (Å²) >= 11 is 0. The maximum Gasteiger partial charge on any atom is 0.251 e. The van der Waals surface area contributed by atoms with Gasteiger partial charge in [-0.15, -0.1) is 0 Å². The molecule has 3 N–H and O–H groups in total. The second-order valence-electron chi connectivity index (χ2n) is 5.02. The Labute approximate surface area is 128 Å². The van der Waals surface area contributed by atoms with E-state index >= 15 is 0 Å². The second kappa shape index (κ2) is 7.66. The van der Waals surface area contributed by atoms with Crippen molar-refractivity contribution >= 4 is 5.91 Å². The highest BCUT2D eigenvalue weighted by molar-refractivity contribution is 5.94. The van der Waals surface area contributed by atoms with Gasteiger partial charge in [0.2, 0.25) is 0 Å². The van der Waals surface area contributed by atoms with Crippen LogP contribution in [0.1, 0.15) is 10.4 Å². The molecule has 0 radical (unpaired) electrons. The Kier molecular flexibility index (Phi) is 5.87. The van der Waals surface area contributed by atoms with Crippen molar-refractivity contribution in [1.29, 1.82) is 0 Å². The van der Waals surface area contributed by atoms with Crippen LogP contribution in [0.15, 0.2) is 30.3 Å². The molecule has 22 heavy (non-hydrogen) atoms. The number of carbonyl (C=O) groups is 1. The van der Waals surface area contributed by atoms with Crippen LogP contribution in [0.2, 0.25) is 0 Å². The molecular weight excluding hydrogens is 290 g/mol. The Balaban J connectivity index is 2.17. The second-order valence-corrected chi connectivity index (χ2v) is 5.02. The van der Waals surface area contributed by atoms with Crippen LogP contribution in [0.3, 0.4) is 0 Å². The zero-order chi connectivity index (χ0) is 16.1. The Bertz CT molecular complexity index is 482. The van der Waals surface area contributed by atoms with E-state index in [2.05, 4.69) is 5.32 Å². The number of aliphatic hydroxyl groups is 2. The van der Waals surface area contributed by atoms with Gasteiger partial charge in [0.15, 0.2) is 6.29 Å². The molecule has 0 saturated carbocycles. The van der Waals surface area contributed by atoms with E-state index in [0.29, 0.717) is 5.56 Å². The lowest BCUT2D eigenvalue weighted by Crippen LogP contribution is -2.65.